The van der Waals surface area contributed by atoms with Crippen LogP contribution in [0.4, 0.5) is 14.9 Å². The van der Waals surface area contributed by atoms with Gasteiger partial charge in [-0.2, -0.15) is 4.98 Å². The summed E-state index contributed by atoms with van der Waals surface area (Å²) in [7, 11) is 1.59. The quantitative estimate of drug-likeness (QED) is 0.424. The van der Waals surface area contributed by atoms with Crippen molar-refractivity contribution in [2.24, 2.45) is 0 Å². The number of nitrogens with one attached hydrogen (secondary N) is 1. The minimum absolute atomic E-state index is 0.282. The monoisotopic (exact) mass is 456 g/mol. The average Bonchev–Trinajstić information content (AvgIpc) is 3.35. The van der Waals surface area contributed by atoms with Crippen LogP contribution >= 0.6 is 0 Å². The number of rotatable bonds is 5. The molecular formula is C26H21FN4O3. The molecule has 0 bridgehead atoms. The van der Waals surface area contributed by atoms with Gasteiger partial charge >= 0.3 is 6.03 Å². The number of halogens is 1. The van der Waals surface area contributed by atoms with Gasteiger partial charge in [-0.15, -0.1) is 0 Å². The third-order valence-electron chi connectivity index (χ3n) is 5.71. The summed E-state index contributed by atoms with van der Waals surface area (Å²) >= 11 is 0. The molecule has 3 aromatic carbocycles. The average molecular weight is 456 g/mol. The number of benzene rings is 3. The van der Waals surface area contributed by atoms with Crippen LogP contribution in [-0.2, 0) is 0 Å². The number of carbonyl (C=O) groups is 1. The van der Waals surface area contributed by atoms with Crippen molar-refractivity contribution in [2.75, 3.05) is 12.0 Å². The van der Waals surface area contributed by atoms with E-state index in [1.54, 1.807) is 26.2 Å². The Balaban J connectivity index is 1.64. The standard InChI is InChI=1S/C26H21FN4O3/c1-16-22(25-29-24(30-34-25)18-6-4-3-5-7-18)23(17-8-14-21(33-2)15-9-17)28-26(32)31(16)20-12-10-19(27)11-13-20/h3-15,23H,1-2H3,(H,28,32). The summed E-state index contributed by atoms with van der Waals surface area (Å²) in [6, 6.07) is 21.7. The van der Waals surface area contributed by atoms with E-state index in [-0.39, 0.29) is 17.7 Å². The van der Waals surface area contributed by atoms with E-state index in [2.05, 4.69) is 15.5 Å². The highest BCUT2D eigenvalue weighted by Crippen LogP contribution is 2.39. The van der Waals surface area contributed by atoms with Crippen LogP contribution in [-0.4, -0.2) is 23.3 Å². The number of methoxy groups -OCH3 is 1. The molecule has 5 rings (SSSR count). The maximum absolute atomic E-state index is 13.5. The van der Waals surface area contributed by atoms with Crippen LogP contribution in [0, 0.1) is 5.82 Å². The van der Waals surface area contributed by atoms with E-state index < -0.39 is 6.04 Å². The van der Waals surface area contributed by atoms with Gasteiger partial charge in [-0.05, 0) is 48.9 Å². The zero-order valence-electron chi connectivity index (χ0n) is 18.5. The summed E-state index contributed by atoms with van der Waals surface area (Å²) in [5.74, 6) is 1.03. The molecule has 0 radical (unpaired) electrons. The number of urea groups is 1. The number of carbonyl (C=O) groups excluding carboxylic acids is 1. The molecule has 0 aliphatic carbocycles. The van der Waals surface area contributed by atoms with Crippen LogP contribution in [0.2, 0.25) is 0 Å². The van der Waals surface area contributed by atoms with E-state index in [9.17, 15) is 9.18 Å². The van der Waals surface area contributed by atoms with Crippen molar-refractivity contribution >= 4 is 17.3 Å². The van der Waals surface area contributed by atoms with Crippen LogP contribution in [0.5, 0.6) is 5.75 Å². The van der Waals surface area contributed by atoms with Gasteiger partial charge < -0.3 is 14.6 Å². The molecule has 2 heterocycles. The summed E-state index contributed by atoms with van der Waals surface area (Å²) < 4.78 is 24.5. The van der Waals surface area contributed by atoms with Gasteiger partial charge in [0.05, 0.1) is 24.4 Å². The molecule has 0 saturated carbocycles. The third kappa shape index (κ3) is 3.90. The number of nitrogens with zero attached hydrogens (tertiary/aromatic N) is 3. The summed E-state index contributed by atoms with van der Waals surface area (Å²) in [5.41, 5.74) is 3.39. The first-order valence-corrected chi connectivity index (χ1v) is 10.7. The lowest BCUT2D eigenvalue weighted by molar-refractivity contribution is 0.244. The fourth-order valence-electron chi connectivity index (χ4n) is 4.00. The minimum Gasteiger partial charge on any atom is -0.497 e. The van der Waals surface area contributed by atoms with Crippen molar-refractivity contribution in [3.05, 3.63) is 102 Å². The number of hydrogen-bond acceptors (Lipinski definition) is 5. The van der Waals surface area contributed by atoms with E-state index in [1.807, 2.05) is 54.6 Å². The van der Waals surface area contributed by atoms with Gasteiger partial charge in [0.2, 0.25) is 5.82 Å². The van der Waals surface area contributed by atoms with Gasteiger partial charge in [-0.3, -0.25) is 4.90 Å². The van der Waals surface area contributed by atoms with Crippen molar-refractivity contribution in [2.45, 2.75) is 13.0 Å². The molecule has 0 saturated heterocycles. The Kier molecular flexibility index (Phi) is 5.55. The molecule has 34 heavy (non-hydrogen) atoms. The topological polar surface area (TPSA) is 80.5 Å². The zero-order chi connectivity index (χ0) is 23.7. The molecule has 8 heteroatoms. The Morgan fingerprint density at radius 2 is 1.71 bits per heavy atom. The van der Waals surface area contributed by atoms with Gasteiger partial charge in [0.1, 0.15) is 11.6 Å². The molecule has 7 nitrogen and oxygen atoms in total. The lowest BCUT2D eigenvalue weighted by atomic mass is 9.94. The highest BCUT2D eigenvalue weighted by molar-refractivity contribution is 6.01. The number of ether oxygens (including phenoxy) is 1. The van der Waals surface area contributed by atoms with E-state index in [1.165, 1.54) is 17.0 Å². The molecule has 1 unspecified atom stereocenters. The molecule has 2 amide bonds. The molecular weight excluding hydrogens is 435 g/mol. The van der Waals surface area contributed by atoms with E-state index in [0.717, 1.165) is 11.1 Å². The van der Waals surface area contributed by atoms with Gasteiger partial charge in [-0.1, -0.05) is 47.6 Å². The number of anilines is 1. The van der Waals surface area contributed by atoms with Gasteiger partial charge in [-0.25, -0.2) is 9.18 Å². The first-order chi connectivity index (χ1) is 16.5. The number of hydrogen-bond donors (Lipinski definition) is 1. The van der Waals surface area contributed by atoms with Crippen LogP contribution in [0.1, 0.15) is 24.4 Å². The maximum atomic E-state index is 13.5. The van der Waals surface area contributed by atoms with Crippen molar-refractivity contribution in [3.63, 3.8) is 0 Å². The normalized spacial score (nSPS) is 15.9. The molecule has 170 valence electrons. The van der Waals surface area contributed by atoms with Crippen molar-refractivity contribution in [1.82, 2.24) is 15.5 Å². The van der Waals surface area contributed by atoms with E-state index in [4.69, 9.17) is 9.26 Å². The van der Waals surface area contributed by atoms with Gasteiger partial charge in [0.25, 0.3) is 5.89 Å². The second-order valence-corrected chi connectivity index (χ2v) is 7.76. The smallest absolute Gasteiger partial charge is 0.326 e. The summed E-state index contributed by atoms with van der Waals surface area (Å²) in [5, 5.41) is 7.19. The lowest BCUT2D eigenvalue weighted by Crippen LogP contribution is -2.46. The maximum Gasteiger partial charge on any atom is 0.326 e. The SMILES string of the molecule is COc1ccc(C2NC(=O)N(c3ccc(F)cc3)C(C)=C2c2nc(-c3ccccc3)no2)cc1. The van der Waals surface area contributed by atoms with Crippen LogP contribution in [0.3, 0.4) is 0 Å². The predicted octanol–water partition coefficient (Wildman–Crippen LogP) is 5.59. The fraction of sp³-hybridized carbons (Fsp3) is 0.115. The van der Waals surface area contributed by atoms with Crippen molar-refractivity contribution in [1.29, 1.82) is 0 Å². The fourth-order valence-corrected chi connectivity index (χ4v) is 4.00. The predicted molar refractivity (Wildman–Crippen MR) is 125 cm³/mol. The molecule has 1 aromatic heterocycles. The first kappa shape index (κ1) is 21.4. The minimum atomic E-state index is -0.542. The Labute approximate surface area is 195 Å². The molecule has 1 aliphatic heterocycles. The third-order valence-corrected chi connectivity index (χ3v) is 5.71. The summed E-state index contributed by atoms with van der Waals surface area (Å²) in [4.78, 5) is 19.3. The van der Waals surface area contributed by atoms with Crippen LogP contribution in [0.15, 0.2) is 89.1 Å². The number of allylic oxidation sites excluding steroid dienone is 1. The Bertz CT molecular complexity index is 1350. The molecule has 4 aromatic rings. The molecule has 0 spiro atoms. The van der Waals surface area contributed by atoms with Crippen molar-refractivity contribution in [3.8, 4) is 17.1 Å². The first-order valence-electron chi connectivity index (χ1n) is 10.7. The van der Waals surface area contributed by atoms with Crippen LogP contribution < -0.4 is 15.0 Å². The summed E-state index contributed by atoms with van der Waals surface area (Å²) in [6.07, 6.45) is 0. The van der Waals surface area contributed by atoms with E-state index >= 15 is 0 Å². The summed E-state index contributed by atoms with van der Waals surface area (Å²) in [6.45, 7) is 1.81. The molecule has 0 fully saturated rings. The Morgan fingerprint density at radius 3 is 2.38 bits per heavy atom. The number of aromatic nitrogens is 2. The second-order valence-electron chi connectivity index (χ2n) is 7.76. The molecule has 1 atom stereocenters. The van der Waals surface area contributed by atoms with Gasteiger partial charge in [0.15, 0.2) is 0 Å². The Morgan fingerprint density at radius 1 is 1.00 bits per heavy atom. The highest BCUT2D eigenvalue weighted by Gasteiger charge is 2.36. The lowest BCUT2D eigenvalue weighted by Gasteiger charge is -2.35. The largest absolute Gasteiger partial charge is 0.497 e. The Hall–Kier alpha value is -4.46. The highest BCUT2D eigenvalue weighted by atomic mass is 19.1. The number of amides is 2. The van der Waals surface area contributed by atoms with Gasteiger partial charge in [0, 0.05) is 11.3 Å². The molecule has 1 N–H and O–H groups in total. The van der Waals surface area contributed by atoms with Crippen molar-refractivity contribution < 1.29 is 18.4 Å². The second kappa shape index (κ2) is 8.82. The molecule has 1 aliphatic rings. The van der Waals surface area contributed by atoms with E-state index in [0.29, 0.717) is 28.5 Å². The van der Waals surface area contributed by atoms with Crippen LogP contribution in [0.25, 0.3) is 17.0 Å². The zero-order valence-corrected chi connectivity index (χ0v) is 18.5.